The summed E-state index contributed by atoms with van der Waals surface area (Å²) in [5.41, 5.74) is 4.96. The first-order chi connectivity index (χ1) is 9.72. The molecule has 1 aromatic heterocycles. The van der Waals surface area contributed by atoms with Gasteiger partial charge in [0.15, 0.2) is 0 Å². The van der Waals surface area contributed by atoms with Crippen LogP contribution in [0, 0.1) is 6.92 Å². The summed E-state index contributed by atoms with van der Waals surface area (Å²) >= 11 is 6.06. The molecule has 0 saturated carbocycles. The zero-order valence-electron chi connectivity index (χ0n) is 11.6. The molecule has 1 atom stereocenters. The molecule has 1 aliphatic carbocycles. The fraction of sp³-hybridized carbons (Fsp3) is 0.278. The lowest BCUT2D eigenvalue weighted by molar-refractivity contribution is 0.925. The van der Waals surface area contributed by atoms with Crippen molar-refractivity contribution in [2.75, 3.05) is 0 Å². The van der Waals surface area contributed by atoms with Gasteiger partial charge in [-0.1, -0.05) is 42.0 Å². The SMILES string of the molecule is Cc1cc(CCC2=CCC(Cl)C=C2)c2ccccc2n1. The molecule has 0 aliphatic heterocycles. The molecule has 102 valence electrons. The first-order valence-electron chi connectivity index (χ1n) is 7.09. The molecule has 20 heavy (non-hydrogen) atoms. The van der Waals surface area contributed by atoms with Crippen LogP contribution < -0.4 is 0 Å². The second-order valence-electron chi connectivity index (χ2n) is 5.33. The second kappa shape index (κ2) is 5.80. The van der Waals surface area contributed by atoms with Crippen LogP contribution in [0.25, 0.3) is 10.9 Å². The Kier molecular flexibility index (Phi) is 3.88. The number of pyridine rings is 1. The van der Waals surface area contributed by atoms with Gasteiger partial charge < -0.3 is 0 Å². The molecule has 1 aliphatic rings. The number of alkyl halides is 1. The highest BCUT2D eigenvalue weighted by Gasteiger charge is 2.07. The molecule has 1 heterocycles. The molecule has 0 bridgehead atoms. The summed E-state index contributed by atoms with van der Waals surface area (Å²) in [5, 5.41) is 1.44. The fourth-order valence-electron chi connectivity index (χ4n) is 2.70. The van der Waals surface area contributed by atoms with E-state index >= 15 is 0 Å². The Morgan fingerprint density at radius 2 is 2.10 bits per heavy atom. The summed E-state index contributed by atoms with van der Waals surface area (Å²) in [6.07, 6.45) is 9.57. The molecule has 1 nitrogen and oxygen atoms in total. The number of rotatable bonds is 3. The second-order valence-corrected chi connectivity index (χ2v) is 5.89. The maximum absolute atomic E-state index is 6.06. The van der Waals surface area contributed by atoms with Crippen LogP contribution in [-0.4, -0.2) is 10.4 Å². The number of aromatic nitrogens is 1. The molecular weight excluding hydrogens is 266 g/mol. The minimum atomic E-state index is 0.169. The minimum Gasteiger partial charge on any atom is -0.253 e. The van der Waals surface area contributed by atoms with Gasteiger partial charge in [-0.3, -0.25) is 4.98 Å². The van der Waals surface area contributed by atoms with Crippen LogP contribution in [-0.2, 0) is 6.42 Å². The molecule has 0 fully saturated rings. The summed E-state index contributed by atoms with van der Waals surface area (Å²) in [4.78, 5) is 4.59. The van der Waals surface area contributed by atoms with Crippen LogP contribution in [0.1, 0.15) is 24.1 Å². The summed E-state index contributed by atoms with van der Waals surface area (Å²) < 4.78 is 0. The summed E-state index contributed by atoms with van der Waals surface area (Å²) in [6.45, 7) is 2.06. The van der Waals surface area contributed by atoms with Crippen LogP contribution in [0.4, 0.5) is 0 Å². The standard InChI is InChI=1S/C18H18ClN/c1-13-12-15(17-4-2-3-5-18(17)20-13)9-6-14-7-10-16(19)11-8-14/h2-5,7-8,10,12,16H,6,9,11H2,1H3. The number of allylic oxidation sites excluding steroid dienone is 4. The quantitative estimate of drug-likeness (QED) is 0.725. The van der Waals surface area contributed by atoms with Gasteiger partial charge >= 0.3 is 0 Å². The highest BCUT2D eigenvalue weighted by Crippen LogP contribution is 2.23. The molecule has 2 aromatic rings. The van der Waals surface area contributed by atoms with E-state index in [1.54, 1.807) is 0 Å². The van der Waals surface area contributed by atoms with E-state index in [4.69, 9.17) is 11.6 Å². The highest BCUT2D eigenvalue weighted by molar-refractivity contribution is 6.22. The molecule has 0 radical (unpaired) electrons. The maximum Gasteiger partial charge on any atom is 0.0707 e. The Hall–Kier alpha value is -1.60. The normalized spacial score (nSPS) is 18.3. The fourth-order valence-corrected chi connectivity index (χ4v) is 2.87. The third kappa shape index (κ3) is 2.94. The van der Waals surface area contributed by atoms with E-state index in [1.165, 1.54) is 16.5 Å². The minimum absolute atomic E-state index is 0.169. The van der Waals surface area contributed by atoms with Crippen LogP contribution in [0.3, 0.4) is 0 Å². The van der Waals surface area contributed by atoms with E-state index in [0.717, 1.165) is 30.5 Å². The summed E-state index contributed by atoms with van der Waals surface area (Å²) in [7, 11) is 0. The van der Waals surface area contributed by atoms with Crippen molar-refractivity contribution in [3.8, 4) is 0 Å². The van der Waals surface area contributed by atoms with E-state index in [1.807, 2.05) is 6.07 Å². The van der Waals surface area contributed by atoms with E-state index in [9.17, 15) is 0 Å². The van der Waals surface area contributed by atoms with Crippen LogP contribution in [0.15, 0.2) is 54.1 Å². The molecule has 0 spiro atoms. The first-order valence-corrected chi connectivity index (χ1v) is 7.52. The van der Waals surface area contributed by atoms with E-state index in [-0.39, 0.29) is 5.38 Å². The summed E-state index contributed by atoms with van der Waals surface area (Å²) in [5.74, 6) is 0. The molecule has 1 unspecified atom stereocenters. The van der Waals surface area contributed by atoms with Crippen molar-refractivity contribution >= 4 is 22.5 Å². The average Bonchev–Trinajstić information content (AvgIpc) is 2.46. The predicted molar refractivity (Wildman–Crippen MR) is 86.3 cm³/mol. The number of aryl methyl sites for hydroxylation is 2. The zero-order valence-corrected chi connectivity index (χ0v) is 12.4. The van der Waals surface area contributed by atoms with Crippen molar-refractivity contribution in [2.45, 2.75) is 31.6 Å². The van der Waals surface area contributed by atoms with Gasteiger partial charge in [0.25, 0.3) is 0 Å². The van der Waals surface area contributed by atoms with Gasteiger partial charge in [-0.05, 0) is 43.9 Å². The first kappa shape index (κ1) is 13.4. The largest absolute Gasteiger partial charge is 0.253 e. The Labute approximate surface area is 125 Å². The van der Waals surface area contributed by atoms with Gasteiger partial charge in [-0.15, -0.1) is 11.6 Å². The topological polar surface area (TPSA) is 12.9 Å². The number of hydrogen-bond acceptors (Lipinski definition) is 1. The van der Waals surface area contributed by atoms with E-state index in [2.05, 4.69) is 54.4 Å². The maximum atomic E-state index is 6.06. The van der Waals surface area contributed by atoms with Crippen molar-refractivity contribution in [3.05, 3.63) is 65.4 Å². The Morgan fingerprint density at radius 1 is 1.25 bits per heavy atom. The smallest absolute Gasteiger partial charge is 0.0707 e. The third-order valence-electron chi connectivity index (χ3n) is 3.74. The van der Waals surface area contributed by atoms with Gasteiger partial charge in [0, 0.05) is 11.1 Å². The van der Waals surface area contributed by atoms with Crippen molar-refractivity contribution in [1.82, 2.24) is 4.98 Å². The molecule has 2 heteroatoms. The lowest BCUT2D eigenvalue weighted by atomic mass is 9.97. The zero-order chi connectivity index (χ0) is 13.9. The van der Waals surface area contributed by atoms with Crippen molar-refractivity contribution in [3.63, 3.8) is 0 Å². The number of hydrogen-bond donors (Lipinski definition) is 0. The average molecular weight is 284 g/mol. The van der Waals surface area contributed by atoms with Gasteiger partial charge in [0.2, 0.25) is 0 Å². The van der Waals surface area contributed by atoms with E-state index < -0.39 is 0 Å². The highest BCUT2D eigenvalue weighted by atomic mass is 35.5. The molecule has 1 aromatic carbocycles. The molecule has 3 rings (SSSR count). The number of benzene rings is 1. The van der Waals surface area contributed by atoms with Crippen molar-refractivity contribution in [1.29, 1.82) is 0 Å². The Balaban J connectivity index is 1.83. The molecule has 0 saturated heterocycles. The third-order valence-corrected chi connectivity index (χ3v) is 4.06. The van der Waals surface area contributed by atoms with Crippen LogP contribution in [0.5, 0.6) is 0 Å². The summed E-state index contributed by atoms with van der Waals surface area (Å²) in [6, 6.07) is 10.6. The van der Waals surface area contributed by atoms with Crippen molar-refractivity contribution in [2.24, 2.45) is 0 Å². The van der Waals surface area contributed by atoms with Gasteiger partial charge in [-0.2, -0.15) is 0 Å². The number of halogens is 1. The van der Waals surface area contributed by atoms with Gasteiger partial charge in [0.1, 0.15) is 0 Å². The van der Waals surface area contributed by atoms with Gasteiger partial charge in [-0.25, -0.2) is 0 Å². The Morgan fingerprint density at radius 3 is 2.90 bits per heavy atom. The molecule has 0 amide bonds. The van der Waals surface area contributed by atoms with E-state index in [0.29, 0.717) is 0 Å². The molecular formula is C18H18ClN. The monoisotopic (exact) mass is 283 g/mol. The predicted octanol–water partition coefficient (Wildman–Crippen LogP) is 4.97. The van der Waals surface area contributed by atoms with Gasteiger partial charge in [0.05, 0.1) is 10.9 Å². The Bertz CT molecular complexity index is 685. The number of fused-ring (bicyclic) bond motifs is 1. The lowest BCUT2D eigenvalue weighted by Crippen LogP contribution is -1.99. The molecule has 0 N–H and O–H groups in total. The number of para-hydroxylation sites is 1. The lowest BCUT2D eigenvalue weighted by Gasteiger charge is -2.12. The van der Waals surface area contributed by atoms with Crippen molar-refractivity contribution < 1.29 is 0 Å². The number of nitrogens with zero attached hydrogens (tertiary/aromatic N) is 1. The van der Waals surface area contributed by atoms with Crippen LogP contribution >= 0.6 is 11.6 Å². The van der Waals surface area contributed by atoms with Crippen LogP contribution in [0.2, 0.25) is 0 Å².